The monoisotopic (exact) mass is 444 g/mol. The Kier molecular flexibility index (Phi) is 3.16. The minimum absolute atomic E-state index is 0.994. The third kappa shape index (κ3) is 2.18. The van der Waals surface area contributed by atoms with Crippen molar-refractivity contribution in [3.8, 4) is 22.3 Å². The van der Waals surface area contributed by atoms with E-state index in [1.165, 1.54) is 66.2 Å². The van der Waals surface area contributed by atoms with E-state index in [2.05, 4.69) is 101 Å². The van der Waals surface area contributed by atoms with Crippen LogP contribution in [0.1, 0.15) is 22.3 Å². The van der Waals surface area contributed by atoms with Gasteiger partial charge in [-0.3, -0.25) is 4.40 Å². The van der Waals surface area contributed by atoms with Crippen LogP contribution in [0.25, 0.3) is 60.6 Å². The lowest BCUT2D eigenvalue weighted by Crippen LogP contribution is -1.92. The zero-order valence-corrected chi connectivity index (χ0v) is 19.0. The van der Waals surface area contributed by atoms with Crippen molar-refractivity contribution in [2.45, 2.75) is 12.8 Å². The molecule has 7 aromatic rings. The average molecular weight is 445 g/mol. The summed E-state index contributed by atoms with van der Waals surface area (Å²) in [5.41, 5.74) is 16.0. The van der Waals surface area contributed by atoms with Gasteiger partial charge in [0, 0.05) is 10.8 Å². The standard InChI is InChI=1S/C33H20N2/c1-2-8-22-19(7-1)15-20-13-14-23-25-18-28-26(16-21(25)17-27(23)32(20)22)24-9-3-5-11-30(24)35-31-12-6-4-10-29(31)34-33(28)35/h1-14,16,18H,15,17H2. The maximum atomic E-state index is 5.13. The molecule has 9 rings (SSSR count). The second-order valence-electron chi connectivity index (χ2n) is 9.97. The lowest BCUT2D eigenvalue weighted by atomic mass is 9.95. The first-order valence-electron chi connectivity index (χ1n) is 12.3. The van der Waals surface area contributed by atoms with Crippen LogP contribution in [0.2, 0.25) is 0 Å². The van der Waals surface area contributed by atoms with Gasteiger partial charge in [0.15, 0.2) is 0 Å². The molecule has 162 valence electrons. The molecule has 5 aromatic carbocycles. The number of para-hydroxylation sites is 3. The van der Waals surface area contributed by atoms with Gasteiger partial charge in [-0.1, -0.05) is 66.7 Å². The molecule has 2 heterocycles. The molecule has 0 bridgehead atoms. The van der Waals surface area contributed by atoms with Gasteiger partial charge in [-0.2, -0.15) is 0 Å². The predicted molar refractivity (Wildman–Crippen MR) is 144 cm³/mol. The van der Waals surface area contributed by atoms with Crippen molar-refractivity contribution in [1.82, 2.24) is 9.38 Å². The number of benzene rings is 5. The Labute approximate surface area is 202 Å². The molecule has 2 aliphatic carbocycles. The first-order valence-corrected chi connectivity index (χ1v) is 12.3. The third-order valence-corrected chi connectivity index (χ3v) is 8.20. The summed E-state index contributed by atoms with van der Waals surface area (Å²) in [6.07, 6.45) is 2.04. The summed E-state index contributed by atoms with van der Waals surface area (Å²) >= 11 is 0. The molecule has 0 aliphatic heterocycles. The largest absolute Gasteiger partial charge is 0.292 e. The van der Waals surface area contributed by atoms with E-state index in [0.29, 0.717) is 0 Å². The molecule has 2 nitrogen and oxygen atoms in total. The van der Waals surface area contributed by atoms with E-state index in [-0.39, 0.29) is 0 Å². The minimum atomic E-state index is 0.994. The van der Waals surface area contributed by atoms with Crippen molar-refractivity contribution in [2.75, 3.05) is 0 Å². The molecule has 0 fully saturated rings. The van der Waals surface area contributed by atoms with Crippen LogP contribution < -0.4 is 0 Å². The van der Waals surface area contributed by atoms with E-state index in [1.807, 2.05) is 0 Å². The molecule has 2 heteroatoms. The van der Waals surface area contributed by atoms with Gasteiger partial charge in [-0.15, -0.1) is 0 Å². The normalized spacial score (nSPS) is 13.5. The second kappa shape index (κ2) is 6.17. The first kappa shape index (κ1) is 18.0. The smallest absolute Gasteiger partial charge is 0.146 e. The molecule has 0 unspecified atom stereocenters. The average Bonchev–Trinajstić information content (AvgIpc) is 3.58. The molecule has 2 aromatic heterocycles. The molecule has 0 saturated carbocycles. The summed E-state index contributed by atoms with van der Waals surface area (Å²) in [6, 6.07) is 35.7. The highest BCUT2D eigenvalue weighted by molar-refractivity contribution is 6.15. The molecular formula is C33H20N2. The molecule has 35 heavy (non-hydrogen) atoms. The fourth-order valence-electron chi connectivity index (χ4n) is 6.73. The van der Waals surface area contributed by atoms with Crippen LogP contribution >= 0.6 is 0 Å². The highest BCUT2D eigenvalue weighted by atomic mass is 15.0. The number of imidazole rings is 1. The SMILES string of the molecule is c1ccc2c(c1)Cc1ccc3c(c1-2)Cc1cc2c4ccccc4n4c5ccccc5nc4c2cc1-3. The quantitative estimate of drug-likeness (QED) is 0.217. The summed E-state index contributed by atoms with van der Waals surface area (Å²) in [7, 11) is 0. The van der Waals surface area contributed by atoms with Crippen LogP contribution in [0, 0.1) is 0 Å². The Morgan fingerprint density at radius 3 is 2.34 bits per heavy atom. The van der Waals surface area contributed by atoms with Gasteiger partial charge < -0.3 is 0 Å². The van der Waals surface area contributed by atoms with Gasteiger partial charge in [0.1, 0.15) is 5.65 Å². The Balaban J connectivity index is 1.41. The Bertz CT molecular complexity index is 2060. The summed E-state index contributed by atoms with van der Waals surface area (Å²) in [6.45, 7) is 0. The summed E-state index contributed by atoms with van der Waals surface area (Å²) in [4.78, 5) is 5.13. The Morgan fingerprint density at radius 2 is 1.37 bits per heavy atom. The van der Waals surface area contributed by atoms with E-state index in [9.17, 15) is 0 Å². The van der Waals surface area contributed by atoms with Gasteiger partial charge in [0.2, 0.25) is 0 Å². The van der Waals surface area contributed by atoms with Crippen molar-refractivity contribution in [2.24, 2.45) is 0 Å². The Hall–Kier alpha value is -4.43. The van der Waals surface area contributed by atoms with Crippen LogP contribution in [0.3, 0.4) is 0 Å². The zero-order valence-electron chi connectivity index (χ0n) is 19.0. The maximum absolute atomic E-state index is 5.13. The Morgan fingerprint density at radius 1 is 0.543 bits per heavy atom. The third-order valence-electron chi connectivity index (χ3n) is 8.20. The van der Waals surface area contributed by atoms with E-state index >= 15 is 0 Å². The molecule has 0 N–H and O–H groups in total. The minimum Gasteiger partial charge on any atom is -0.292 e. The van der Waals surface area contributed by atoms with Crippen LogP contribution in [0.4, 0.5) is 0 Å². The van der Waals surface area contributed by atoms with E-state index in [4.69, 9.17) is 4.98 Å². The van der Waals surface area contributed by atoms with Gasteiger partial charge >= 0.3 is 0 Å². The number of hydrogen-bond acceptors (Lipinski definition) is 1. The number of pyridine rings is 1. The van der Waals surface area contributed by atoms with Crippen molar-refractivity contribution in [3.63, 3.8) is 0 Å². The number of fused-ring (bicyclic) bond motifs is 15. The zero-order chi connectivity index (χ0) is 22.7. The molecule has 0 radical (unpaired) electrons. The summed E-state index contributed by atoms with van der Waals surface area (Å²) < 4.78 is 2.34. The van der Waals surface area contributed by atoms with E-state index in [1.54, 1.807) is 0 Å². The summed E-state index contributed by atoms with van der Waals surface area (Å²) in [5, 5.41) is 3.81. The maximum Gasteiger partial charge on any atom is 0.146 e. The number of hydrogen-bond donors (Lipinski definition) is 0. The lowest BCUT2D eigenvalue weighted by molar-refractivity contribution is 1.24. The lowest BCUT2D eigenvalue weighted by Gasteiger charge is -2.11. The van der Waals surface area contributed by atoms with E-state index in [0.717, 1.165) is 29.5 Å². The van der Waals surface area contributed by atoms with Crippen LogP contribution in [0.5, 0.6) is 0 Å². The van der Waals surface area contributed by atoms with Gasteiger partial charge in [-0.25, -0.2) is 4.98 Å². The summed E-state index contributed by atoms with van der Waals surface area (Å²) in [5.74, 6) is 0. The highest BCUT2D eigenvalue weighted by Gasteiger charge is 2.29. The molecular weight excluding hydrogens is 424 g/mol. The highest BCUT2D eigenvalue weighted by Crippen LogP contribution is 2.49. The number of nitrogens with zero attached hydrogens (tertiary/aromatic N) is 2. The second-order valence-corrected chi connectivity index (χ2v) is 9.97. The number of aromatic nitrogens is 2. The molecule has 0 amide bonds. The van der Waals surface area contributed by atoms with Crippen LogP contribution in [-0.4, -0.2) is 9.38 Å². The molecule has 2 aliphatic rings. The first-order chi connectivity index (χ1) is 17.3. The number of rotatable bonds is 0. The molecule has 0 atom stereocenters. The van der Waals surface area contributed by atoms with Crippen LogP contribution in [-0.2, 0) is 12.8 Å². The van der Waals surface area contributed by atoms with Gasteiger partial charge in [-0.05, 0) is 93.1 Å². The van der Waals surface area contributed by atoms with Gasteiger partial charge in [0.25, 0.3) is 0 Å². The molecule has 0 spiro atoms. The van der Waals surface area contributed by atoms with Gasteiger partial charge in [0.05, 0.1) is 16.6 Å². The fraction of sp³-hybridized carbons (Fsp3) is 0.0606. The van der Waals surface area contributed by atoms with Crippen molar-refractivity contribution < 1.29 is 0 Å². The van der Waals surface area contributed by atoms with E-state index < -0.39 is 0 Å². The predicted octanol–water partition coefficient (Wildman–Crippen LogP) is 7.94. The topological polar surface area (TPSA) is 17.3 Å². The van der Waals surface area contributed by atoms with Crippen molar-refractivity contribution in [3.05, 3.63) is 119 Å². The van der Waals surface area contributed by atoms with Crippen molar-refractivity contribution in [1.29, 1.82) is 0 Å². The van der Waals surface area contributed by atoms with Crippen molar-refractivity contribution >= 4 is 38.4 Å². The van der Waals surface area contributed by atoms with Crippen LogP contribution in [0.15, 0.2) is 97.1 Å². The molecule has 0 saturated heterocycles. The fourth-order valence-corrected chi connectivity index (χ4v) is 6.73.